The van der Waals surface area contributed by atoms with Crippen molar-refractivity contribution < 1.29 is 4.42 Å². The summed E-state index contributed by atoms with van der Waals surface area (Å²) in [4.78, 5) is 0. The Balaban J connectivity index is 1.68. The highest BCUT2D eigenvalue weighted by Gasteiger charge is 2.39. The van der Waals surface area contributed by atoms with Gasteiger partial charge in [0.15, 0.2) is 0 Å². The van der Waals surface area contributed by atoms with E-state index in [9.17, 15) is 0 Å². The molecule has 0 unspecified atom stereocenters. The van der Waals surface area contributed by atoms with E-state index < -0.39 is 0 Å². The van der Waals surface area contributed by atoms with Crippen LogP contribution in [-0.4, -0.2) is 0 Å². The number of halogens is 1. The van der Waals surface area contributed by atoms with Crippen LogP contribution in [-0.2, 0) is 5.41 Å². The molecule has 0 aliphatic heterocycles. The van der Waals surface area contributed by atoms with Crippen molar-refractivity contribution in [2.75, 3.05) is 5.32 Å². The fraction of sp³-hybridized carbons (Fsp3) is 0.111. The Hall–Kier alpha value is -3.23. The molecule has 2 nitrogen and oxygen atoms in total. The minimum Gasteiger partial charge on any atom is -0.455 e. The zero-order chi connectivity index (χ0) is 20.5. The van der Waals surface area contributed by atoms with Gasteiger partial charge in [-0.25, -0.2) is 0 Å². The number of hydrogen-bond donors (Lipinski definition) is 1. The molecule has 6 rings (SSSR count). The number of nitrogens with one attached hydrogen (secondary N) is 1. The molecule has 146 valence electrons. The zero-order valence-corrected chi connectivity index (χ0v) is 17.5. The third kappa shape index (κ3) is 2.31. The summed E-state index contributed by atoms with van der Waals surface area (Å²) in [5, 5.41) is 6.58. The van der Waals surface area contributed by atoms with Gasteiger partial charge in [0.05, 0.1) is 10.7 Å². The Labute approximate surface area is 180 Å². The van der Waals surface area contributed by atoms with Crippen molar-refractivity contribution in [2.24, 2.45) is 0 Å². The third-order valence-corrected chi connectivity index (χ3v) is 6.68. The lowest BCUT2D eigenvalue weighted by Gasteiger charge is -2.21. The van der Waals surface area contributed by atoms with Crippen molar-refractivity contribution in [3.63, 3.8) is 0 Å². The van der Waals surface area contributed by atoms with Crippen molar-refractivity contribution in [2.45, 2.75) is 19.3 Å². The molecule has 0 atom stereocenters. The Bertz CT molecular complexity index is 1460. The van der Waals surface area contributed by atoms with Gasteiger partial charge in [-0.3, -0.25) is 0 Å². The molecule has 0 saturated carbocycles. The highest BCUT2D eigenvalue weighted by molar-refractivity contribution is 6.33. The minimum absolute atomic E-state index is 0.115. The largest absolute Gasteiger partial charge is 0.455 e. The van der Waals surface area contributed by atoms with E-state index in [0.717, 1.165) is 33.3 Å². The summed E-state index contributed by atoms with van der Waals surface area (Å²) in [5.41, 5.74) is 8.66. The SMILES string of the molecule is CC1(C)c2cccc(Nc3ccccc3Cl)c2-c2c1ccc1c2oc2ccccc21. The molecule has 0 radical (unpaired) electrons. The number of furan rings is 1. The summed E-state index contributed by atoms with van der Waals surface area (Å²) in [6.45, 7) is 4.57. The maximum atomic E-state index is 6.45. The number of anilines is 2. The number of fused-ring (bicyclic) bond motifs is 7. The molecular weight excluding hydrogens is 390 g/mol. The lowest BCUT2D eigenvalue weighted by molar-refractivity contribution is 0.653. The van der Waals surface area contributed by atoms with Gasteiger partial charge in [-0.15, -0.1) is 0 Å². The van der Waals surface area contributed by atoms with Crippen LogP contribution in [0.4, 0.5) is 11.4 Å². The second-order valence-corrected chi connectivity index (χ2v) is 8.83. The van der Waals surface area contributed by atoms with Crippen LogP contribution >= 0.6 is 11.6 Å². The smallest absolute Gasteiger partial charge is 0.143 e. The third-order valence-electron chi connectivity index (χ3n) is 6.35. The highest BCUT2D eigenvalue weighted by Crippen LogP contribution is 2.55. The lowest BCUT2D eigenvalue weighted by atomic mass is 9.82. The molecule has 0 spiro atoms. The first-order valence-corrected chi connectivity index (χ1v) is 10.5. The van der Waals surface area contributed by atoms with Gasteiger partial charge in [-0.2, -0.15) is 0 Å². The zero-order valence-electron chi connectivity index (χ0n) is 16.8. The second-order valence-electron chi connectivity index (χ2n) is 8.42. The van der Waals surface area contributed by atoms with Crippen LogP contribution in [0.2, 0.25) is 5.02 Å². The van der Waals surface area contributed by atoms with Crippen molar-refractivity contribution >= 4 is 44.9 Å². The molecule has 1 aliphatic rings. The van der Waals surface area contributed by atoms with Crippen molar-refractivity contribution in [3.05, 3.63) is 95.0 Å². The number of para-hydroxylation sites is 2. The monoisotopic (exact) mass is 409 g/mol. The van der Waals surface area contributed by atoms with Gasteiger partial charge in [-0.05, 0) is 35.4 Å². The number of hydrogen-bond acceptors (Lipinski definition) is 2. The molecule has 4 aromatic carbocycles. The molecule has 0 fully saturated rings. The number of benzene rings is 4. The summed E-state index contributed by atoms with van der Waals surface area (Å²) in [5.74, 6) is 0. The normalized spacial score (nSPS) is 14.1. The van der Waals surface area contributed by atoms with E-state index in [-0.39, 0.29) is 5.41 Å². The van der Waals surface area contributed by atoms with E-state index in [1.165, 1.54) is 22.3 Å². The van der Waals surface area contributed by atoms with E-state index in [1.54, 1.807) is 0 Å². The molecular formula is C27H20ClNO. The van der Waals surface area contributed by atoms with Crippen LogP contribution in [0.5, 0.6) is 0 Å². The molecule has 1 aromatic heterocycles. The standard InChI is InChI=1S/C27H20ClNO/c1-27(2)18-9-7-12-22(29-21-11-5-4-10-20(21)28)24(18)25-19(27)15-14-17-16-8-3-6-13-23(16)30-26(17)25/h3-15,29H,1-2H3. The van der Waals surface area contributed by atoms with Gasteiger partial charge in [-0.1, -0.05) is 80.0 Å². The first-order valence-electron chi connectivity index (χ1n) is 10.2. The summed E-state index contributed by atoms with van der Waals surface area (Å²) in [7, 11) is 0. The maximum absolute atomic E-state index is 6.45. The Morgan fingerprint density at radius 1 is 0.700 bits per heavy atom. The van der Waals surface area contributed by atoms with Crippen LogP contribution in [0.15, 0.2) is 83.3 Å². The summed E-state index contributed by atoms with van der Waals surface area (Å²) < 4.78 is 6.42. The van der Waals surface area contributed by atoms with Crippen molar-refractivity contribution in [3.8, 4) is 11.1 Å². The molecule has 3 heteroatoms. The Kier molecular flexibility index (Phi) is 3.60. The average molecular weight is 410 g/mol. The highest BCUT2D eigenvalue weighted by atomic mass is 35.5. The predicted molar refractivity (Wildman–Crippen MR) is 126 cm³/mol. The molecule has 0 saturated heterocycles. The van der Waals surface area contributed by atoms with Gasteiger partial charge in [0, 0.05) is 33.0 Å². The van der Waals surface area contributed by atoms with Gasteiger partial charge in [0.1, 0.15) is 11.2 Å². The molecule has 5 aromatic rings. The summed E-state index contributed by atoms with van der Waals surface area (Å²) in [6.07, 6.45) is 0. The summed E-state index contributed by atoms with van der Waals surface area (Å²) in [6, 6.07) is 27.0. The van der Waals surface area contributed by atoms with Crippen LogP contribution in [0.1, 0.15) is 25.0 Å². The quantitative estimate of drug-likeness (QED) is 0.317. The van der Waals surface area contributed by atoms with E-state index >= 15 is 0 Å². The molecule has 1 heterocycles. The van der Waals surface area contributed by atoms with Crippen LogP contribution < -0.4 is 5.32 Å². The van der Waals surface area contributed by atoms with E-state index in [0.29, 0.717) is 5.02 Å². The van der Waals surface area contributed by atoms with Crippen LogP contribution in [0, 0.1) is 0 Å². The molecule has 0 bridgehead atoms. The van der Waals surface area contributed by atoms with E-state index in [4.69, 9.17) is 16.0 Å². The van der Waals surface area contributed by atoms with Gasteiger partial charge in [0.2, 0.25) is 0 Å². The van der Waals surface area contributed by atoms with Gasteiger partial charge in [0.25, 0.3) is 0 Å². The van der Waals surface area contributed by atoms with Crippen molar-refractivity contribution in [1.82, 2.24) is 0 Å². The Morgan fingerprint density at radius 3 is 2.30 bits per heavy atom. The van der Waals surface area contributed by atoms with Crippen molar-refractivity contribution in [1.29, 1.82) is 0 Å². The van der Waals surface area contributed by atoms with Gasteiger partial charge >= 0.3 is 0 Å². The average Bonchev–Trinajstić information content (AvgIpc) is 3.24. The fourth-order valence-corrected chi connectivity index (χ4v) is 5.04. The summed E-state index contributed by atoms with van der Waals surface area (Å²) >= 11 is 6.45. The van der Waals surface area contributed by atoms with Crippen LogP contribution in [0.25, 0.3) is 33.1 Å². The van der Waals surface area contributed by atoms with E-state index in [1.807, 2.05) is 36.4 Å². The Morgan fingerprint density at radius 2 is 1.43 bits per heavy atom. The molecule has 30 heavy (non-hydrogen) atoms. The predicted octanol–water partition coefficient (Wildman–Crippen LogP) is 8.29. The number of rotatable bonds is 2. The minimum atomic E-state index is -0.115. The van der Waals surface area contributed by atoms with E-state index in [2.05, 4.69) is 61.6 Å². The molecule has 1 N–H and O–H groups in total. The second kappa shape index (κ2) is 6.13. The first kappa shape index (κ1) is 17.6. The molecule has 0 amide bonds. The lowest BCUT2D eigenvalue weighted by Crippen LogP contribution is -2.14. The molecule has 1 aliphatic carbocycles. The first-order chi connectivity index (χ1) is 14.6. The van der Waals surface area contributed by atoms with Gasteiger partial charge < -0.3 is 9.73 Å². The topological polar surface area (TPSA) is 25.2 Å². The maximum Gasteiger partial charge on any atom is 0.143 e. The fourth-order valence-electron chi connectivity index (χ4n) is 4.86. The van der Waals surface area contributed by atoms with Crippen LogP contribution in [0.3, 0.4) is 0 Å².